The van der Waals surface area contributed by atoms with Gasteiger partial charge in [-0.05, 0) is 44.0 Å². The molecule has 6 nitrogen and oxygen atoms in total. The number of alkyl halides is 2. The average molecular weight is 487 g/mol. The van der Waals surface area contributed by atoms with E-state index >= 15 is 0 Å². The number of halogens is 4. The lowest BCUT2D eigenvalue weighted by atomic mass is 10.0. The van der Waals surface area contributed by atoms with Crippen LogP contribution in [0.25, 0.3) is 0 Å². The molecule has 0 unspecified atom stereocenters. The highest BCUT2D eigenvalue weighted by molar-refractivity contribution is 6.35. The van der Waals surface area contributed by atoms with Crippen LogP contribution in [0, 0.1) is 5.82 Å². The molecule has 0 saturated carbocycles. The predicted octanol–water partition coefficient (Wildman–Crippen LogP) is 5.11. The van der Waals surface area contributed by atoms with Crippen molar-refractivity contribution >= 4 is 53.2 Å². The van der Waals surface area contributed by atoms with Crippen LogP contribution < -0.4 is 10.1 Å². The topological polar surface area (TPSA) is 83.6 Å². The molecule has 10 heteroatoms. The average Bonchev–Trinajstić information content (AvgIpc) is 3.24. The van der Waals surface area contributed by atoms with Crippen molar-refractivity contribution in [1.29, 1.82) is 0 Å². The van der Waals surface area contributed by atoms with Gasteiger partial charge in [-0.1, -0.05) is 11.6 Å². The number of hydrogen-bond acceptors (Lipinski definition) is 4. The van der Waals surface area contributed by atoms with Crippen molar-refractivity contribution < 1.29 is 18.7 Å². The van der Waals surface area contributed by atoms with E-state index in [1.807, 2.05) is 0 Å². The third kappa shape index (κ3) is 6.43. The number of rotatable bonds is 10. The number of allylic oxidation sites excluding steroid dienone is 3. The predicted molar refractivity (Wildman–Crippen MR) is 121 cm³/mol. The Labute approximate surface area is 193 Å². The highest BCUT2D eigenvalue weighted by Gasteiger charge is 2.24. The van der Waals surface area contributed by atoms with Crippen LogP contribution in [-0.4, -0.2) is 41.3 Å². The van der Waals surface area contributed by atoms with Crippen molar-refractivity contribution in [3.63, 3.8) is 0 Å². The minimum atomic E-state index is -0.939. The third-order valence-corrected chi connectivity index (χ3v) is 4.96. The Kier molecular flexibility index (Phi) is 9.30. The molecule has 0 spiro atoms. The second kappa shape index (κ2) is 11.7. The number of nitrogens with one attached hydrogen (secondary N) is 2. The zero-order valence-electron chi connectivity index (χ0n) is 16.4. The molecule has 0 saturated heterocycles. The van der Waals surface area contributed by atoms with Crippen molar-refractivity contribution in [3.8, 4) is 5.75 Å². The highest BCUT2D eigenvalue weighted by atomic mass is 35.5. The maximum Gasteiger partial charge on any atom is 0.271 e. The molecule has 1 aromatic heterocycles. The molecule has 1 amide bonds. The zero-order valence-corrected chi connectivity index (χ0v) is 18.7. The second-order valence-electron chi connectivity index (χ2n) is 6.24. The first-order chi connectivity index (χ1) is 14.8. The number of amides is 1. The van der Waals surface area contributed by atoms with Gasteiger partial charge in [-0.3, -0.25) is 14.6 Å². The standard InChI is InChI=1S/C21H19Cl3FN3O3/c1-12(4-3-7-26-2)28-21(30)16-8-13(11-27-16)20(29)18-15(24)5-6-17(19(18)25)31-14(9-22)10-23/h3-8,11,14,27H,2,9-10H2,1H3,(H,28,30)/b7-3-,12-4+. The summed E-state index contributed by atoms with van der Waals surface area (Å²) in [5.41, 5.74) is 0.313. The number of ether oxygens (including phenoxy) is 1. The summed E-state index contributed by atoms with van der Waals surface area (Å²) in [6, 6.07) is 3.93. The normalized spacial score (nSPS) is 11.7. The van der Waals surface area contributed by atoms with E-state index in [2.05, 4.69) is 22.0 Å². The number of hydrogen-bond donors (Lipinski definition) is 2. The number of carbonyl (C=O) groups excluding carboxylic acids is 2. The third-order valence-electron chi connectivity index (χ3n) is 3.96. The van der Waals surface area contributed by atoms with E-state index in [0.29, 0.717) is 5.70 Å². The van der Waals surface area contributed by atoms with Crippen LogP contribution in [0.2, 0.25) is 5.02 Å². The monoisotopic (exact) mass is 485 g/mol. The van der Waals surface area contributed by atoms with E-state index in [0.717, 1.165) is 0 Å². The van der Waals surface area contributed by atoms with Crippen LogP contribution in [0.4, 0.5) is 4.39 Å². The molecule has 2 rings (SSSR count). The lowest BCUT2D eigenvalue weighted by molar-refractivity contribution is 0.0961. The van der Waals surface area contributed by atoms with E-state index in [1.54, 1.807) is 19.1 Å². The number of benzene rings is 1. The first-order valence-electron chi connectivity index (χ1n) is 8.92. The molecular weight excluding hydrogens is 468 g/mol. The van der Waals surface area contributed by atoms with Crippen LogP contribution in [0.1, 0.15) is 33.3 Å². The van der Waals surface area contributed by atoms with Gasteiger partial charge in [0.05, 0.1) is 22.3 Å². The fourth-order valence-corrected chi connectivity index (χ4v) is 3.14. The molecule has 1 aromatic carbocycles. The van der Waals surface area contributed by atoms with Crippen LogP contribution in [0.5, 0.6) is 5.75 Å². The Morgan fingerprint density at radius 1 is 1.35 bits per heavy atom. The molecule has 0 fully saturated rings. The first kappa shape index (κ1) is 24.7. The fraction of sp³-hybridized carbons (Fsp3) is 0.190. The number of aliphatic imine (C=N–C) groups is 1. The molecule has 0 aliphatic rings. The number of aromatic amines is 1. The van der Waals surface area contributed by atoms with E-state index in [9.17, 15) is 14.0 Å². The minimum absolute atomic E-state index is 0.0406. The van der Waals surface area contributed by atoms with Gasteiger partial charge in [0, 0.05) is 23.7 Å². The summed E-state index contributed by atoms with van der Waals surface area (Å²) in [6.07, 6.45) is 5.33. The number of ketones is 1. The van der Waals surface area contributed by atoms with Crippen molar-refractivity contribution in [2.24, 2.45) is 4.99 Å². The summed E-state index contributed by atoms with van der Waals surface area (Å²) < 4.78 is 20.4. The number of H-pyrrole nitrogens is 1. The summed E-state index contributed by atoms with van der Waals surface area (Å²) in [6.45, 7) is 4.98. The Bertz CT molecular complexity index is 1030. The highest BCUT2D eigenvalue weighted by Crippen LogP contribution is 2.30. The van der Waals surface area contributed by atoms with Gasteiger partial charge in [-0.2, -0.15) is 0 Å². The molecule has 2 aromatic rings. The van der Waals surface area contributed by atoms with Gasteiger partial charge in [0.15, 0.2) is 17.3 Å². The lowest BCUT2D eigenvalue weighted by Gasteiger charge is -2.16. The summed E-state index contributed by atoms with van der Waals surface area (Å²) in [5, 5.41) is 2.53. The van der Waals surface area contributed by atoms with Crippen LogP contribution in [-0.2, 0) is 0 Å². The molecule has 0 aliphatic heterocycles. The molecular formula is C21H19Cl3FN3O3. The van der Waals surface area contributed by atoms with Gasteiger partial charge in [0.1, 0.15) is 11.8 Å². The minimum Gasteiger partial charge on any atom is -0.485 e. The van der Waals surface area contributed by atoms with Gasteiger partial charge in [-0.15, -0.1) is 23.2 Å². The SMILES string of the molecule is C=N/C=C\C=C(/C)NC(=O)c1cc(C(=O)c2c(Cl)ccc(OC(CCl)CCl)c2F)c[nH]1. The fourth-order valence-electron chi connectivity index (χ4n) is 2.45. The van der Waals surface area contributed by atoms with E-state index in [-0.39, 0.29) is 39.4 Å². The number of nitrogens with zero attached hydrogens (tertiary/aromatic N) is 1. The van der Waals surface area contributed by atoms with Crippen molar-refractivity contribution in [3.05, 3.63) is 76.1 Å². The number of carbonyl (C=O) groups is 2. The van der Waals surface area contributed by atoms with Gasteiger partial charge in [-0.25, -0.2) is 4.39 Å². The lowest BCUT2D eigenvalue weighted by Crippen LogP contribution is -2.21. The maximum absolute atomic E-state index is 15.0. The summed E-state index contributed by atoms with van der Waals surface area (Å²) in [4.78, 5) is 31.5. The van der Waals surface area contributed by atoms with Crippen LogP contribution in [0.3, 0.4) is 0 Å². The van der Waals surface area contributed by atoms with Crippen molar-refractivity contribution in [2.75, 3.05) is 11.8 Å². The van der Waals surface area contributed by atoms with E-state index in [1.165, 1.54) is 30.6 Å². The smallest absolute Gasteiger partial charge is 0.271 e. The van der Waals surface area contributed by atoms with E-state index in [4.69, 9.17) is 39.5 Å². The molecule has 2 N–H and O–H groups in total. The summed E-state index contributed by atoms with van der Waals surface area (Å²) in [5.74, 6) is -2.26. The van der Waals surface area contributed by atoms with Crippen LogP contribution in [0.15, 0.2) is 53.4 Å². The Balaban J connectivity index is 2.26. The maximum atomic E-state index is 15.0. The van der Waals surface area contributed by atoms with Gasteiger partial charge in [0.2, 0.25) is 0 Å². The molecule has 0 atom stereocenters. The Morgan fingerprint density at radius 3 is 2.71 bits per heavy atom. The molecule has 0 radical (unpaired) electrons. The van der Waals surface area contributed by atoms with Gasteiger partial charge < -0.3 is 15.0 Å². The van der Waals surface area contributed by atoms with Crippen molar-refractivity contribution in [2.45, 2.75) is 13.0 Å². The van der Waals surface area contributed by atoms with E-state index < -0.39 is 23.6 Å². The summed E-state index contributed by atoms with van der Waals surface area (Å²) >= 11 is 17.5. The zero-order chi connectivity index (χ0) is 23.0. The second-order valence-corrected chi connectivity index (χ2v) is 7.27. The Hall–Kier alpha value is -2.61. The molecule has 164 valence electrons. The molecule has 0 bridgehead atoms. The largest absolute Gasteiger partial charge is 0.485 e. The quantitative estimate of drug-likeness (QED) is 0.212. The van der Waals surface area contributed by atoms with Gasteiger partial charge >= 0.3 is 0 Å². The Morgan fingerprint density at radius 2 is 2.06 bits per heavy atom. The molecule has 0 aliphatic carbocycles. The molecule has 1 heterocycles. The first-order valence-corrected chi connectivity index (χ1v) is 10.4. The van der Waals surface area contributed by atoms with Gasteiger partial charge in [0.25, 0.3) is 5.91 Å². The number of aromatic nitrogens is 1. The van der Waals surface area contributed by atoms with Crippen LogP contribution >= 0.6 is 34.8 Å². The molecule has 31 heavy (non-hydrogen) atoms. The van der Waals surface area contributed by atoms with Crippen molar-refractivity contribution in [1.82, 2.24) is 10.3 Å². The summed E-state index contributed by atoms with van der Waals surface area (Å²) in [7, 11) is 0.